The van der Waals surface area contributed by atoms with Gasteiger partial charge < -0.3 is 5.32 Å². The predicted octanol–water partition coefficient (Wildman–Crippen LogP) is 3.69. The molecule has 0 saturated heterocycles. The Morgan fingerprint density at radius 1 is 1.35 bits per heavy atom. The maximum Gasteiger partial charge on any atom is 0.0795 e. The molecule has 2 rings (SSSR count). The second-order valence-corrected chi connectivity index (χ2v) is 5.12. The number of nitrogens with zero attached hydrogens (tertiary/aromatic N) is 1. The number of hydrogen-bond donors (Lipinski definition) is 1. The Balaban J connectivity index is 1.78. The number of halogens is 1. The molecule has 0 aliphatic carbocycles. The summed E-state index contributed by atoms with van der Waals surface area (Å²) >= 11 is 7.47. The Morgan fingerprint density at radius 2 is 2.12 bits per heavy atom. The van der Waals surface area contributed by atoms with Crippen molar-refractivity contribution in [2.75, 3.05) is 6.54 Å². The lowest BCUT2D eigenvalue weighted by Crippen LogP contribution is -2.21. The summed E-state index contributed by atoms with van der Waals surface area (Å²) in [5.74, 6) is 0. The highest BCUT2D eigenvalue weighted by Crippen LogP contribution is 2.12. The molecule has 2 aromatic rings. The second kappa shape index (κ2) is 6.15. The molecule has 1 atom stereocenters. The molecule has 0 radical (unpaired) electrons. The molecule has 0 spiro atoms. The Kier molecular flexibility index (Phi) is 4.54. The minimum Gasteiger partial charge on any atom is -0.308 e. The number of benzene rings is 1. The van der Waals surface area contributed by atoms with Crippen molar-refractivity contribution in [1.82, 2.24) is 10.3 Å². The van der Waals surface area contributed by atoms with Gasteiger partial charge in [-0.3, -0.25) is 0 Å². The molecule has 1 N–H and O–H groups in total. The van der Waals surface area contributed by atoms with Crippen LogP contribution < -0.4 is 5.32 Å². The third-order valence-electron chi connectivity index (χ3n) is 2.67. The fourth-order valence-corrected chi connectivity index (χ4v) is 2.40. The van der Waals surface area contributed by atoms with E-state index in [1.165, 1.54) is 5.56 Å². The SMILES string of the molecule is CC(NCCc1ccc(Cl)cc1)c1cscn1. The van der Waals surface area contributed by atoms with E-state index in [1.54, 1.807) is 11.3 Å². The van der Waals surface area contributed by atoms with Crippen molar-refractivity contribution in [3.8, 4) is 0 Å². The normalized spacial score (nSPS) is 12.6. The van der Waals surface area contributed by atoms with Gasteiger partial charge in [0.05, 0.1) is 11.2 Å². The van der Waals surface area contributed by atoms with E-state index in [-0.39, 0.29) is 0 Å². The molecule has 1 aromatic carbocycles. The maximum atomic E-state index is 5.84. The zero-order valence-corrected chi connectivity index (χ0v) is 11.3. The van der Waals surface area contributed by atoms with Gasteiger partial charge in [-0.15, -0.1) is 11.3 Å². The van der Waals surface area contributed by atoms with Gasteiger partial charge in [-0.05, 0) is 37.6 Å². The quantitative estimate of drug-likeness (QED) is 0.893. The smallest absolute Gasteiger partial charge is 0.0795 e. The summed E-state index contributed by atoms with van der Waals surface area (Å²) < 4.78 is 0. The molecule has 0 saturated carbocycles. The molecule has 0 aliphatic rings. The highest BCUT2D eigenvalue weighted by Gasteiger charge is 2.05. The Labute approximate surface area is 111 Å². The van der Waals surface area contributed by atoms with Gasteiger partial charge in [0.1, 0.15) is 0 Å². The van der Waals surface area contributed by atoms with Gasteiger partial charge in [0.15, 0.2) is 0 Å². The van der Waals surface area contributed by atoms with Crippen LogP contribution in [-0.2, 0) is 6.42 Å². The van der Waals surface area contributed by atoms with Crippen molar-refractivity contribution in [1.29, 1.82) is 0 Å². The lowest BCUT2D eigenvalue weighted by atomic mass is 10.1. The van der Waals surface area contributed by atoms with Crippen LogP contribution in [0, 0.1) is 0 Å². The summed E-state index contributed by atoms with van der Waals surface area (Å²) in [5.41, 5.74) is 4.28. The topological polar surface area (TPSA) is 24.9 Å². The van der Waals surface area contributed by atoms with Gasteiger partial charge in [0.25, 0.3) is 0 Å². The van der Waals surface area contributed by atoms with Crippen LogP contribution in [0.3, 0.4) is 0 Å². The third-order valence-corrected chi connectivity index (χ3v) is 3.53. The molecule has 0 amide bonds. The van der Waals surface area contributed by atoms with Gasteiger partial charge in [-0.1, -0.05) is 23.7 Å². The molecule has 0 fully saturated rings. The first-order valence-corrected chi connectivity index (χ1v) is 6.93. The second-order valence-electron chi connectivity index (χ2n) is 3.97. The average molecular weight is 267 g/mol. The van der Waals surface area contributed by atoms with E-state index in [1.807, 2.05) is 17.6 Å². The van der Waals surface area contributed by atoms with Gasteiger partial charge >= 0.3 is 0 Å². The first kappa shape index (κ1) is 12.6. The van der Waals surface area contributed by atoms with Gasteiger partial charge in [-0.25, -0.2) is 4.98 Å². The molecule has 1 aromatic heterocycles. The molecule has 0 aliphatic heterocycles. The van der Waals surface area contributed by atoms with Crippen molar-refractivity contribution in [3.63, 3.8) is 0 Å². The molecule has 4 heteroatoms. The summed E-state index contributed by atoms with van der Waals surface area (Å²) in [6.45, 7) is 3.08. The van der Waals surface area contributed by atoms with Crippen molar-refractivity contribution in [3.05, 3.63) is 51.4 Å². The molecular weight excluding hydrogens is 252 g/mol. The zero-order chi connectivity index (χ0) is 12.1. The first-order valence-electron chi connectivity index (χ1n) is 5.61. The Bertz CT molecular complexity index is 439. The Hall–Kier alpha value is -0.900. The number of thiazole rings is 1. The van der Waals surface area contributed by atoms with E-state index in [4.69, 9.17) is 11.6 Å². The Morgan fingerprint density at radius 3 is 2.76 bits per heavy atom. The number of aromatic nitrogens is 1. The molecule has 1 unspecified atom stereocenters. The molecule has 17 heavy (non-hydrogen) atoms. The summed E-state index contributed by atoms with van der Waals surface area (Å²) in [4.78, 5) is 4.29. The monoisotopic (exact) mass is 266 g/mol. The number of hydrogen-bond acceptors (Lipinski definition) is 3. The van der Waals surface area contributed by atoms with Crippen LogP contribution >= 0.6 is 22.9 Å². The van der Waals surface area contributed by atoms with Gasteiger partial charge in [-0.2, -0.15) is 0 Å². The highest BCUT2D eigenvalue weighted by atomic mass is 35.5. The van der Waals surface area contributed by atoms with E-state index in [9.17, 15) is 0 Å². The summed E-state index contributed by atoms with van der Waals surface area (Å²) in [7, 11) is 0. The van der Waals surface area contributed by atoms with E-state index in [0.717, 1.165) is 23.7 Å². The van der Waals surface area contributed by atoms with Crippen LogP contribution in [0.2, 0.25) is 5.02 Å². The first-order chi connectivity index (χ1) is 8.25. The fourth-order valence-electron chi connectivity index (χ4n) is 1.62. The highest BCUT2D eigenvalue weighted by molar-refractivity contribution is 7.07. The van der Waals surface area contributed by atoms with E-state index < -0.39 is 0 Å². The minimum absolute atomic E-state index is 0.313. The molecule has 0 bridgehead atoms. The largest absolute Gasteiger partial charge is 0.308 e. The predicted molar refractivity (Wildman–Crippen MR) is 73.7 cm³/mol. The lowest BCUT2D eigenvalue weighted by Gasteiger charge is -2.11. The average Bonchev–Trinajstić information content (AvgIpc) is 2.85. The summed E-state index contributed by atoms with van der Waals surface area (Å²) in [6, 6.07) is 8.31. The molecule has 90 valence electrons. The van der Waals surface area contributed by atoms with Crippen LogP contribution in [0.1, 0.15) is 24.2 Å². The van der Waals surface area contributed by atoms with Gasteiger partial charge in [0, 0.05) is 16.4 Å². The van der Waals surface area contributed by atoms with Crippen LogP contribution in [0.15, 0.2) is 35.2 Å². The van der Waals surface area contributed by atoms with E-state index >= 15 is 0 Å². The number of nitrogens with one attached hydrogen (secondary N) is 1. The molecule has 1 heterocycles. The summed E-state index contributed by atoms with van der Waals surface area (Å²) in [6.07, 6.45) is 1.01. The molecule has 2 nitrogen and oxygen atoms in total. The fraction of sp³-hybridized carbons (Fsp3) is 0.308. The van der Waals surface area contributed by atoms with Crippen LogP contribution in [0.4, 0.5) is 0 Å². The van der Waals surface area contributed by atoms with Crippen molar-refractivity contribution in [2.45, 2.75) is 19.4 Å². The van der Waals surface area contributed by atoms with Crippen molar-refractivity contribution < 1.29 is 0 Å². The lowest BCUT2D eigenvalue weighted by molar-refractivity contribution is 0.566. The van der Waals surface area contributed by atoms with Crippen molar-refractivity contribution >= 4 is 22.9 Å². The standard InChI is InChI=1S/C13H15ClN2S/c1-10(13-8-17-9-16-13)15-7-6-11-2-4-12(14)5-3-11/h2-5,8-10,15H,6-7H2,1H3. The van der Waals surface area contributed by atoms with E-state index in [0.29, 0.717) is 6.04 Å². The third kappa shape index (κ3) is 3.80. The maximum absolute atomic E-state index is 5.84. The molecular formula is C13H15ClN2S. The zero-order valence-electron chi connectivity index (χ0n) is 9.69. The van der Waals surface area contributed by atoms with E-state index in [2.05, 4.69) is 34.7 Å². The summed E-state index contributed by atoms with van der Waals surface area (Å²) in [5, 5.41) is 6.33. The van der Waals surface area contributed by atoms with Crippen LogP contribution in [0.25, 0.3) is 0 Å². The number of rotatable bonds is 5. The minimum atomic E-state index is 0.313. The van der Waals surface area contributed by atoms with Crippen molar-refractivity contribution in [2.24, 2.45) is 0 Å². The van der Waals surface area contributed by atoms with Crippen LogP contribution in [-0.4, -0.2) is 11.5 Å². The van der Waals surface area contributed by atoms with Crippen LogP contribution in [0.5, 0.6) is 0 Å². The van der Waals surface area contributed by atoms with Gasteiger partial charge in [0.2, 0.25) is 0 Å².